The van der Waals surface area contributed by atoms with Crippen LogP contribution >= 0.6 is 0 Å². The molecule has 9 nitrogen and oxygen atoms in total. The van der Waals surface area contributed by atoms with Gasteiger partial charge < -0.3 is 29.2 Å². The molecule has 0 aromatic carbocycles. The molecule has 0 amide bonds. The Balaban J connectivity index is 3.00. The normalized spacial score (nSPS) is 24.8. The van der Waals surface area contributed by atoms with Crippen molar-refractivity contribution in [2.24, 2.45) is 0 Å². The number of rotatable bonds is 16. The number of aliphatic hydroxyl groups excluding tert-OH is 2. The summed E-state index contributed by atoms with van der Waals surface area (Å²) in [7, 11) is 0. The Labute approximate surface area is 197 Å². The van der Waals surface area contributed by atoms with Crippen LogP contribution in [0.4, 0.5) is 0 Å². The van der Waals surface area contributed by atoms with E-state index in [1.54, 1.807) is 0 Å². The second-order valence-corrected chi connectivity index (χ2v) is 8.49. The molecule has 0 radical (unpaired) electrons. The van der Waals surface area contributed by atoms with Crippen molar-refractivity contribution < 1.29 is 43.5 Å². The van der Waals surface area contributed by atoms with Crippen molar-refractivity contribution in [2.75, 3.05) is 6.61 Å². The summed E-state index contributed by atoms with van der Waals surface area (Å²) < 4.78 is 22.0. The molecule has 5 unspecified atom stereocenters. The van der Waals surface area contributed by atoms with Gasteiger partial charge in [-0.05, 0) is 19.3 Å². The SMILES string of the molecule is CCCCCC(=O)OC1OC(CO)C(O)C(OC(=O)CCCCC)C1OC(=O)CCCCC. The van der Waals surface area contributed by atoms with E-state index in [1.807, 2.05) is 20.8 Å². The molecule has 1 fully saturated rings. The minimum absolute atomic E-state index is 0.137. The molecule has 1 aliphatic rings. The fourth-order valence-corrected chi connectivity index (χ4v) is 3.56. The molecule has 1 heterocycles. The van der Waals surface area contributed by atoms with Crippen LogP contribution in [0, 0.1) is 0 Å². The van der Waals surface area contributed by atoms with E-state index >= 15 is 0 Å². The summed E-state index contributed by atoms with van der Waals surface area (Å²) >= 11 is 0. The smallest absolute Gasteiger partial charge is 0.308 e. The quantitative estimate of drug-likeness (QED) is 0.197. The van der Waals surface area contributed by atoms with E-state index in [-0.39, 0.29) is 19.3 Å². The lowest BCUT2D eigenvalue weighted by molar-refractivity contribution is -0.298. The average Bonchev–Trinajstić information content (AvgIpc) is 2.78. The first-order valence-electron chi connectivity index (χ1n) is 12.4. The van der Waals surface area contributed by atoms with Crippen LogP contribution in [0.5, 0.6) is 0 Å². The number of aliphatic hydroxyl groups is 2. The molecule has 5 atom stereocenters. The summed E-state index contributed by atoms with van der Waals surface area (Å²) in [4.78, 5) is 37.2. The second-order valence-electron chi connectivity index (χ2n) is 8.49. The Morgan fingerprint density at radius 3 is 1.55 bits per heavy atom. The number of carbonyl (C=O) groups is 3. The lowest BCUT2D eigenvalue weighted by atomic mass is 9.98. The molecule has 1 rings (SSSR count). The van der Waals surface area contributed by atoms with Gasteiger partial charge in [0, 0.05) is 19.3 Å². The van der Waals surface area contributed by atoms with Crippen molar-refractivity contribution in [1.29, 1.82) is 0 Å². The van der Waals surface area contributed by atoms with Crippen molar-refractivity contribution in [3.8, 4) is 0 Å². The maximum Gasteiger partial charge on any atom is 0.308 e. The van der Waals surface area contributed by atoms with E-state index in [9.17, 15) is 24.6 Å². The molecular weight excluding hydrogens is 432 g/mol. The van der Waals surface area contributed by atoms with Crippen LogP contribution in [0.3, 0.4) is 0 Å². The van der Waals surface area contributed by atoms with Crippen molar-refractivity contribution in [3.63, 3.8) is 0 Å². The summed E-state index contributed by atoms with van der Waals surface area (Å²) in [6.07, 6.45) is 0.948. The Kier molecular flexibility index (Phi) is 15.0. The van der Waals surface area contributed by atoms with Gasteiger partial charge in [0.1, 0.15) is 12.2 Å². The summed E-state index contributed by atoms with van der Waals surface area (Å²) in [6.45, 7) is 5.43. The molecule has 0 bridgehead atoms. The molecule has 1 aliphatic heterocycles. The molecule has 0 aliphatic carbocycles. The Morgan fingerprint density at radius 2 is 1.12 bits per heavy atom. The van der Waals surface area contributed by atoms with E-state index in [1.165, 1.54) is 0 Å². The zero-order valence-corrected chi connectivity index (χ0v) is 20.3. The number of hydrogen-bond donors (Lipinski definition) is 2. The molecule has 192 valence electrons. The van der Waals surface area contributed by atoms with Gasteiger partial charge >= 0.3 is 17.9 Å². The second kappa shape index (κ2) is 16.8. The Bertz CT molecular complexity index is 580. The topological polar surface area (TPSA) is 129 Å². The number of hydrogen-bond acceptors (Lipinski definition) is 9. The fraction of sp³-hybridized carbons (Fsp3) is 0.875. The summed E-state index contributed by atoms with van der Waals surface area (Å²) in [5.74, 6) is -1.68. The molecule has 1 saturated heterocycles. The van der Waals surface area contributed by atoms with E-state index in [0.29, 0.717) is 19.3 Å². The molecule has 33 heavy (non-hydrogen) atoms. The van der Waals surface area contributed by atoms with Gasteiger partial charge in [0.2, 0.25) is 12.4 Å². The molecular formula is C24H42O9. The van der Waals surface area contributed by atoms with Crippen LogP contribution in [-0.4, -0.2) is 65.4 Å². The lowest BCUT2D eigenvalue weighted by Gasteiger charge is -2.42. The van der Waals surface area contributed by atoms with E-state index < -0.39 is 55.2 Å². The van der Waals surface area contributed by atoms with Gasteiger partial charge in [0.15, 0.2) is 6.10 Å². The van der Waals surface area contributed by atoms with Gasteiger partial charge in [-0.2, -0.15) is 0 Å². The Morgan fingerprint density at radius 1 is 0.697 bits per heavy atom. The minimum atomic E-state index is -1.45. The van der Waals surface area contributed by atoms with Crippen molar-refractivity contribution in [3.05, 3.63) is 0 Å². The monoisotopic (exact) mass is 474 g/mol. The minimum Gasteiger partial charge on any atom is -0.455 e. The lowest BCUT2D eigenvalue weighted by Crippen LogP contribution is -2.62. The Hall–Kier alpha value is -1.71. The average molecular weight is 475 g/mol. The third-order valence-corrected chi connectivity index (χ3v) is 5.53. The molecule has 0 saturated carbocycles. The zero-order chi connectivity index (χ0) is 24.6. The van der Waals surface area contributed by atoms with Gasteiger partial charge in [0.25, 0.3) is 0 Å². The van der Waals surface area contributed by atoms with Crippen LogP contribution in [-0.2, 0) is 33.3 Å². The first kappa shape index (κ1) is 29.3. The largest absolute Gasteiger partial charge is 0.455 e. The van der Waals surface area contributed by atoms with E-state index in [4.69, 9.17) is 18.9 Å². The third kappa shape index (κ3) is 10.8. The fourth-order valence-electron chi connectivity index (χ4n) is 3.56. The number of ether oxygens (including phenoxy) is 4. The van der Waals surface area contributed by atoms with Gasteiger partial charge in [-0.25, -0.2) is 0 Å². The molecule has 9 heteroatoms. The van der Waals surface area contributed by atoms with Crippen molar-refractivity contribution in [2.45, 2.75) is 129 Å². The molecule has 0 aromatic heterocycles. The predicted molar refractivity (Wildman–Crippen MR) is 120 cm³/mol. The van der Waals surface area contributed by atoms with Crippen LogP contribution in [0.2, 0.25) is 0 Å². The first-order valence-corrected chi connectivity index (χ1v) is 12.4. The highest BCUT2D eigenvalue weighted by Crippen LogP contribution is 2.28. The zero-order valence-electron chi connectivity index (χ0n) is 20.3. The first-order chi connectivity index (χ1) is 15.9. The maximum absolute atomic E-state index is 12.4. The number of unbranched alkanes of at least 4 members (excludes halogenated alkanes) is 6. The third-order valence-electron chi connectivity index (χ3n) is 5.53. The van der Waals surface area contributed by atoms with E-state index in [0.717, 1.165) is 38.5 Å². The molecule has 0 aromatic rings. The number of carbonyl (C=O) groups excluding carboxylic acids is 3. The van der Waals surface area contributed by atoms with Crippen molar-refractivity contribution >= 4 is 17.9 Å². The highest BCUT2D eigenvalue weighted by molar-refractivity contribution is 5.71. The van der Waals surface area contributed by atoms with Gasteiger partial charge in [-0.3, -0.25) is 14.4 Å². The van der Waals surface area contributed by atoms with Crippen molar-refractivity contribution in [1.82, 2.24) is 0 Å². The molecule has 2 N–H and O–H groups in total. The molecule has 0 spiro atoms. The summed E-state index contributed by atoms with van der Waals surface area (Å²) in [5, 5.41) is 20.3. The van der Waals surface area contributed by atoms with Crippen LogP contribution in [0.25, 0.3) is 0 Å². The standard InChI is InChI=1S/C24H42O9/c1-4-7-10-13-18(26)31-22-21(29)17(16-25)30-24(33-20(28)15-12-9-6-3)23(22)32-19(27)14-11-8-5-2/h17,21-25,29H,4-16H2,1-3H3. The van der Waals surface area contributed by atoms with Crippen LogP contribution < -0.4 is 0 Å². The van der Waals surface area contributed by atoms with Crippen LogP contribution in [0.1, 0.15) is 97.8 Å². The predicted octanol–water partition coefficient (Wildman–Crippen LogP) is 3.17. The maximum atomic E-state index is 12.4. The van der Waals surface area contributed by atoms with Gasteiger partial charge in [-0.15, -0.1) is 0 Å². The van der Waals surface area contributed by atoms with Gasteiger partial charge in [-0.1, -0.05) is 59.3 Å². The highest BCUT2D eigenvalue weighted by atomic mass is 16.7. The van der Waals surface area contributed by atoms with Gasteiger partial charge in [0.05, 0.1) is 6.61 Å². The highest BCUT2D eigenvalue weighted by Gasteiger charge is 2.51. The van der Waals surface area contributed by atoms with E-state index in [2.05, 4.69) is 0 Å². The summed E-state index contributed by atoms with van der Waals surface area (Å²) in [6, 6.07) is 0. The number of esters is 3. The summed E-state index contributed by atoms with van der Waals surface area (Å²) in [5.41, 5.74) is 0. The van der Waals surface area contributed by atoms with Crippen LogP contribution in [0.15, 0.2) is 0 Å².